The third-order valence-electron chi connectivity index (χ3n) is 3.88. The Morgan fingerprint density at radius 1 is 1.19 bits per heavy atom. The molecule has 3 aromatic rings. The Kier molecular flexibility index (Phi) is 4.42. The number of nitro benzene ring substituents is 1. The van der Waals surface area contributed by atoms with Gasteiger partial charge in [0.15, 0.2) is 0 Å². The van der Waals surface area contributed by atoms with Crippen molar-refractivity contribution in [3.63, 3.8) is 0 Å². The van der Waals surface area contributed by atoms with Crippen molar-refractivity contribution in [2.24, 2.45) is 0 Å². The Bertz CT molecular complexity index is 1110. The summed E-state index contributed by atoms with van der Waals surface area (Å²) in [5.74, 6) is 0.331. The molecule has 0 saturated carbocycles. The van der Waals surface area contributed by atoms with Crippen molar-refractivity contribution >= 4 is 16.7 Å². The first kappa shape index (κ1) is 17.2. The van der Waals surface area contributed by atoms with Crippen LogP contribution in [0.1, 0.15) is 30.9 Å². The van der Waals surface area contributed by atoms with E-state index in [0.717, 1.165) is 10.9 Å². The Morgan fingerprint density at radius 2 is 1.96 bits per heavy atom. The number of hydrogen-bond donors (Lipinski definition) is 0. The molecule has 1 heterocycles. The number of fused-ring (bicyclic) bond motifs is 1. The van der Waals surface area contributed by atoms with Crippen molar-refractivity contribution in [2.75, 3.05) is 0 Å². The molecule has 0 aliphatic heterocycles. The fourth-order valence-corrected chi connectivity index (χ4v) is 2.65. The first-order chi connectivity index (χ1) is 12.4. The molecule has 7 nitrogen and oxygen atoms in total. The minimum absolute atomic E-state index is 0.0595. The van der Waals surface area contributed by atoms with E-state index < -0.39 is 10.5 Å². The number of rotatable bonds is 4. The Balaban J connectivity index is 2.09. The summed E-state index contributed by atoms with van der Waals surface area (Å²) in [6, 6.07) is 12.1. The van der Waals surface area contributed by atoms with Crippen LogP contribution in [-0.2, 0) is 0 Å². The van der Waals surface area contributed by atoms with Gasteiger partial charge >= 0.3 is 11.3 Å². The quantitative estimate of drug-likeness (QED) is 0.390. The highest BCUT2D eigenvalue weighted by Crippen LogP contribution is 2.34. The molecule has 0 amide bonds. The van der Waals surface area contributed by atoms with Gasteiger partial charge in [-0.05, 0) is 29.7 Å². The van der Waals surface area contributed by atoms with Crippen LogP contribution in [0.25, 0.3) is 11.0 Å². The van der Waals surface area contributed by atoms with Gasteiger partial charge in [0, 0.05) is 29.7 Å². The van der Waals surface area contributed by atoms with Crippen LogP contribution in [0.2, 0.25) is 0 Å². The van der Waals surface area contributed by atoms with Crippen LogP contribution in [0.3, 0.4) is 0 Å². The average molecular weight is 350 g/mol. The standard InChI is InChI=1S/C19H14N2O5/c1-11(2)15-9-19(22)26-17-8-13(4-5-14(15)17)25-18-7-12(10-20)3-6-16(18)21(23)24/h3-9,11H,1-2H3. The zero-order chi connectivity index (χ0) is 18.8. The second kappa shape index (κ2) is 6.69. The molecular formula is C19H14N2O5. The monoisotopic (exact) mass is 350 g/mol. The summed E-state index contributed by atoms with van der Waals surface area (Å²) in [4.78, 5) is 22.4. The second-order valence-corrected chi connectivity index (χ2v) is 5.99. The topological polar surface area (TPSA) is 106 Å². The molecule has 0 aliphatic rings. The van der Waals surface area contributed by atoms with Gasteiger partial charge in [-0.25, -0.2) is 4.79 Å². The van der Waals surface area contributed by atoms with E-state index in [4.69, 9.17) is 14.4 Å². The van der Waals surface area contributed by atoms with Gasteiger partial charge in [-0.15, -0.1) is 0 Å². The van der Waals surface area contributed by atoms with E-state index in [1.807, 2.05) is 19.9 Å². The van der Waals surface area contributed by atoms with Crippen LogP contribution < -0.4 is 10.4 Å². The van der Waals surface area contributed by atoms with Crippen LogP contribution in [0, 0.1) is 21.4 Å². The first-order valence-electron chi connectivity index (χ1n) is 7.83. The molecule has 0 N–H and O–H groups in total. The highest BCUT2D eigenvalue weighted by Gasteiger charge is 2.17. The van der Waals surface area contributed by atoms with Crippen LogP contribution in [0.5, 0.6) is 11.5 Å². The van der Waals surface area contributed by atoms with E-state index in [1.165, 1.54) is 30.3 Å². The minimum Gasteiger partial charge on any atom is -0.450 e. The Hall–Kier alpha value is -3.66. The molecule has 26 heavy (non-hydrogen) atoms. The summed E-state index contributed by atoms with van der Waals surface area (Å²) >= 11 is 0. The zero-order valence-corrected chi connectivity index (χ0v) is 14.1. The number of ether oxygens (including phenoxy) is 1. The SMILES string of the molecule is CC(C)c1cc(=O)oc2cc(Oc3cc(C#N)ccc3[N+](=O)[O-])ccc12. The smallest absolute Gasteiger partial charge is 0.336 e. The lowest BCUT2D eigenvalue weighted by molar-refractivity contribution is -0.385. The van der Waals surface area contributed by atoms with Crippen molar-refractivity contribution in [3.05, 3.63) is 74.1 Å². The predicted octanol–water partition coefficient (Wildman–Crippen LogP) is 4.49. The van der Waals surface area contributed by atoms with Crippen LogP contribution in [0.4, 0.5) is 5.69 Å². The summed E-state index contributed by atoms with van der Waals surface area (Å²) < 4.78 is 10.8. The van der Waals surface area contributed by atoms with Gasteiger partial charge in [-0.2, -0.15) is 5.26 Å². The number of nitro groups is 1. The van der Waals surface area contributed by atoms with E-state index in [-0.39, 0.29) is 28.7 Å². The molecule has 0 spiro atoms. The maximum Gasteiger partial charge on any atom is 0.336 e. The van der Waals surface area contributed by atoms with Gasteiger partial charge in [-0.1, -0.05) is 13.8 Å². The fourth-order valence-electron chi connectivity index (χ4n) is 2.65. The normalized spacial score (nSPS) is 10.7. The summed E-state index contributed by atoms with van der Waals surface area (Å²) in [6.07, 6.45) is 0. The maximum absolute atomic E-state index is 11.8. The molecule has 0 aliphatic carbocycles. The third-order valence-corrected chi connectivity index (χ3v) is 3.88. The Morgan fingerprint density at radius 3 is 2.62 bits per heavy atom. The predicted molar refractivity (Wildman–Crippen MR) is 94.5 cm³/mol. The van der Waals surface area contributed by atoms with Crippen LogP contribution >= 0.6 is 0 Å². The van der Waals surface area contributed by atoms with Crippen molar-refractivity contribution < 1.29 is 14.1 Å². The van der Waals surface area contributed by atoms with Gasteiger partial charge < -0.3 is 9.15 Å². The molecule has 0 atom stereocenters. The molecule has 3 rings (SSSR count). The fraction of sp³-hybridized carbons (Fsp3) is 0.158. The maximum atomic E-state index is 11.8. The van der Waals surface area contributed by atoms with Crippen LogP contribution in [0.15, 0.2) is 51.7 Å². The van der Waals surface area contributed by atoms with Crippen molar-refractivity contribution in [3.8, 4) is 17.6 Å². The largest absolute Gasteiger partial charge is 0.450 e. The highest BCUT2D eigenvalue weighted by atomic mass is 16.6. The third kappa shape index (κ3) is 3.26. The second-order valence-electron chi connectivity index (χ2n) is 5.99. The molecule has 130 valence electrons. The average Bonchev–Trinajstić information content (AvgIpc) is 2.60. The van der Waals surface area contributed by atoms with E-state index in [9.17, 15) is 14.9 Å². The molecule has 0 radical (unpaired) electrons. The summed E-state index contributed by atoms with van der Waals surface area (Å²) in [7, 11) is 0. The molecule has 0 saturated heterocycles. The van der Waals surface area contributed by atoms with Gasteiger partial charge in [0.25, 0.3) is 0 Å². The van der Waals surface area contributed by atoms with Crippen molar-refractivity contribution in [1.29, 1.82) is 5.26 Å². The Labute approximate surface area is 148 Å². The molecule has 0 bridgehead atoms. The van der Waals surface area contributed by atoms with E-state index >= 15 is 0 Å². The molecule has 2 aromatic carbocycles. The number of benzene rings is 2. The molecular weight excluding hydrogens is 336 g/mol. The van der Waals surface area contributed by atoms with Crippen molar-refractivity contribution in [1.82, 2.24) is 0 Å². The van der Waals surface area contributed by atoms with Gasteiger partial charge in [0.05, 0.1) is 16.6 Å². The molecule has 0 fully saturated rings. The van der Waals surface area contributed by atoms with Crippen LogP contribution in [-0.4, -0.2) is 4.92 Å². The van der Waals surface area contributed by atoms with E-state index in [0.29, 0.717) is 5.58 Å². The van der Waals surface area contributed by atoms with E-state index in [2.05, 4.69) is 0 Å². The molecule has 0 unspecified atom stereocenters. The first-order valence-corrected chi connectivity index (χ1v) is 7.83. The zero-order valence-electron chi connectivity index (χ0n) is 14.1. The van der Waals surface area contributed by atoms with Crippen molar-refractivity contribution in [2.45, 2.75) is 19.8 Å². The lowest BCUT2D eigenvalue weighted by Crippen LogP contribution is -2.02. The molecule has 7 heteroatoms. The summed E-state index contributed by atoms with van der Waals surface area (Å²) in [6.45, 7) is 3.94. The van der Waals surface area contributed by atoms with E-state index in [1.54, 1.807) is 12.1 Å². The summed E-state index contributed by atoms with van der Waals surface area (Å²) in [5, 5.41) is 20.9. The minimum atomic E-state index is -0.589. The van der Waals surface area contributed by atoms with Gasteiger partial charge in [0.1, 0.15) is 11.3 Å². The number of nitrogens with zero attached hydrogens (tertiary/aromatic N) is 2. The lowest BCUT2D eigenvalue weighted by Gasteiger charge is -2.10. The lowest BCUT2D eigenvalue weighted by atomic mass is 10.00. The van der Waals surface area contributed by atoms with Gasteiger partial charge in [0.2, 0.25) is 5.75 Å². The number of hydrogen-bond acceptors (Lipinski definition) is 6. The van der Waals surface area contributed by atoms with Gasteiger partial charge in [-0.3, -0.25) is 10.1 Å². The number of nitriles is 1. The summed E-state index contributed by atoms with van der Waals surface area (Å²) in [5.41, 5.74) is 0.676. The molecule has 1 aromatic heterocycles. The highest BCUT2D eigenvalue weighted by molar-refractivity contribution is 5.82.